The summed E-state index contributed by atoms with van der Waals surface area (Å²) >= 11 is 0. The SMILES string of the molecule is Cc1ccc(-c2ccccc2)c(-c2c[nH]c3ccccc23)c1-c1c[nH]c2ccccc12. The molecule has 2 N–H and O–H groups in total. The maximum absolute atomic E-state index is 3.49. The summed E-state index contributed by atoms with van der Waals surface area (Å²) in [5, 5.41) is 2.49. The normalized spacial score (nSPS) is 11.4. The first kappa shape index (κ1) is 17.8. The summed E-state index contributed by atoms with van der Waals surface area (Å²) in [6.07, 6.45) is 4.31. The van der Waals surface area contributed by atoms with Gasteiger partial charge in [0.05, 0.1) is 0 Å². The van der Waals surface area contributed by atoms with Gasteiger partial charge in [0, 0.05) is 45.3 Å². The highest BCUT2D eigenvalue weighted by Crippen LogP contribution is 2.45. The van der Waals surface area contributed by atoms with Crippen LogP contribution in [-0.4, -0.2) is 9.97 Å². The van der Waals surface area contributed by atoms with Crippen LogP contribution in [0.3, 0.4) is 0 Å². The van der Waals surface area contributed by atoms with Crippen molar-refractivity contribution in [3.63, 3.8) is 0 Å². The Balaban J connectivity index is 1.76. The molecule has 0 amide bonds. The second-order valence-electron chi connectivity index (χ2n) is 8.04. The van der Waals surface area contributed by atoms with E-state index >= 15 is 0 Å². The summed E-state index contributed by atoms with van der Waals surface area (Å²) in [5.41, 5.74) is 11.1. The van der Waals surface area contributed by atoms with E-state index in [1.165, 1.54) is 49.7 Å². The lowest BCUT2D eigenvalue weighted by Crippen LogP contribution is -1.93. The van der Waals surface area contributed by atoms with Crippen LogP contribution >= 0.6 is 0 Å². The van der Waals surface area contributed by atoms with Gasteiger partial charge in [-0.15, -0.1) is 0 Å². The number of aromatic amines is 2. The summed E-state index contributed by atoms with van der Waals surface area (Å²) in [4.78, 5) is 6.96. The van der Waals surface area contributed by atoms with Gasteiger partial charge in [0.25, 0.3) is 0 Å². The molecule has 0 atom stereocenters. The van der Waals surface area contributed by atoms with E-state index < -0.39 is 0 Å². The summed E-state index contributed by atoms with van der Waals surface area (Å²) in [6.45, 7) is 2.21. The monoisotopic (exact) mass is 398 g/mol. The molecule has 2 heteroatoms. The van der Waals surface area contributed by atoms with Crippen molar-refractivity contribution >= 4 is 21.8 Å². The standard InChI is InChI=1S/C29H22N2/c1-19-15-16-21(20-9-3-2-4-10-20)29(25-18-31-27-14-8-6-12-23(25)27)28(19)24-17-30-26-13-7-5-11-22(24)26/h2-18,30-31H,1H3. The molecule has 0 unspecified atom stereocenters. The Hall–Kier alpha value is -4.04. The van der Waals surface area contributed by atoms with Gasteiger partial charge in [0.2, 0.25) is 0 Å². The Morgan fingerprint density at radius 1 is 0.484 bits per heavy atom. The molecule has 6 rings (SSSR count). The van der Waals surface area contributed by atoms with Crippen LogP contribution in [0, 0.1) is 6.92 Å². The van der Waals surface area contributed by atoms with Crippen molar-refractivity contribution in [1.29, 1.82) is 0 Å². The number of hydrogen-bond acceptors (Lipinski definition) is 0. The van der Waals surface area contributed by atoms with Gasteiger partial charge in [-0.25, -0.2) is 0 Å². The van der Waals surface area contributed by atoms with Gasteiger partial charge in [-0.3, -0.25) is 0 Å². The lowest BCUT2D eigenvalue weighted by molar-refractivity contribution is 1.43. The Morgan fingerprint density at radius 3 is 1.68 bits per heavy atom. The number of para-hydroxylation sites is 2. The maximum atomic E-state index is 3.49. The van der Waals surface area contributed by atoms with E-state index in [1.54, 1.807) is 0 Å². The fraction of sp³-hybridized carbons (Fsp3) is 0.0345. The molecule has 4 aromatic carbocycles. The van der Waals surface area contributed by atoms with Crippen LogP contribution in [0.4, 0.5) is 0 Å². The van der Waals surface area contributed by atoms with Gasteiger partial charge >= 0.3 is 0 Å². The van der Waals surface area contributed by atoms with Crippen molar-refractivity contribution in [2.45, 2.75) is 6.92 Å². The van der Waals surface area contributed by atoms with Gasteiger partial charge in [-0.05, 0) is 46.9 Å². The van der Waals surface area contributed by atoms with Crippen LogP contribution in [0.1, 0.15) is 5.56 Å². The van der Waals surface area contributed by atoms with Gasteiger partial charge in [-0.1, -0.05) is 78.9 Å². The van der Waals surface area contributed by atoms with E-state index in [-0.39, 0.29) is 0 Å². The average molecular weight is 399 g/mol. The fourth-order valence-electron chi connectivity index (χ4n) is 4.75. The number of nitrogens with one attached hydrogen (secondary N) is 2. The largest absolute Gasteiger partial charge is 0.361 e. The number of fused-ring (bicyclic) bond motifs is 2. The number of H-pyrrole nitrogens is 2. The number of benzene rings is 4. The Bertz CT molecular complexity index is 1530. The van der Waals surface area contributed by atoms with Crippen LogP contribution in [0.15, 0.2) is 103 Å². The minimum Gasteiger partial charge on any atom is -0.361 e. The van der Waals surface area contributed by atoms with Crippen LogP contribution in [0.5, 0.6) is 0 Å². The third kappa shape index (κ3) is 2.80. The van der Waals surface area contributed by atoms with Crippen LogP contribution in [-0.2, 0) is 0 Å². The van der Waals surface area contributed by atoms with Crippen LogP contribution < -0.4 is 0 Å². The van der Waals surface area contributed by atoms with Gasteiger partial charge < -0.3 is 9.97 Å². The summed E-state index contributed by atoms with van der Waals surface area (Å²) in [7, 11) is 0. The Labute approximate surface area is 181 Å². The van der Waals surface area contributed by atoms with Crippen LogP contribution in [0.25, 0.3) is 55.2 Å². The van der Waals surface area contributed by atoms with Crippen molar-refractivity contribution in [3.05, 3.63) is 109 Å². The first-order valence-electron chi connectivity index (χ1n) is 10.6. The molecule has 0 aliphatic carbocycles. The fourth-order valence-corrected chi connectivity index (χ4v) is 4.75. The molecule has 0 saturated carbocycles. The zero-order valence-corrected chi connectivity index (χ0v) is 17.3. The highest BCUT2D eigenvalue weighted by atomic mass is 14.7. The quantitative estimate of drug-likeness (QED) is 0.303. The second-order valence-corrected chi connectivity index (χ2v) is 8.04. The molecule has 148 valence electrons. The third-order valence-electron chi connectivity index (χ3n) is 6.22. The first-order valence-corrected chi connectivity index (χ1v) is 10.6. The maximum Gasteiger partial charge on any atom is 0.0460 e. The molecule has 2 nitrogen and oxygen atoms in total. The Morgan fingerprint density at radius 2 is 1.03 bits per heavy atom. The molecule has 0 bridgehead atoms. The third-order valence-corrected chi connectivity index (χ3v) is 6.22. The molecule has 2 aromatic heterocycles. The number of aromatic nitrogens is 2. The minimum absolute atomic E-state index is 1.16. The molecule has 0 aliphatic rings. The van der Waals surface area contributed by atoms with E-state index in [9.17, 15) is 0 Å². The summed E-state index contributed by atoms with van der Waals surface area (Å²) in [6, 6.07) is 32.3. The lowest BCUT2D eigenvalue weighted by atomic mass is 9.85. The molecular formula is C29H22N2. The van der Waals surface area contributed by atoms with Crippen molar-refractivity contribution in [3.8, 4) is 33.4 Å². The van der Waals surface area contributed by atoms with E-state index in [0.29, 0.717) is 0 Å². The predicted molar refractivity (Wildman–Crippen MR) is 131 cm³/mol. The van der Waals surface area contributed by atoms with Gasteiger partial charge in [-0.2, -0.15) is 0 Å². The van der Waals surface area contributed by atoms with Crippen molar-refractivity contribution in [2.75, 3.05) is 0 Å². The van der Waals surface area contributed by atoms with E-state index in [0.717, 1.165) is 11.0 Å². The van der Waals surface area contributed by atoms with Crippen molar-refractivity contribution < 1.29 is 0 Å². The second kappa shape index (κ2) is 7.03. The highest BCUT2D eigenvalue weighted by molar-refractivity contribution is 6.09. The zero-order valence-electron chi connectivity index (χ0n) is 17.3. The van der Waals surface area contributed by atoms with Crippen molar-refractivity contribution in [1.82, 2.24) is 9.97 Å². The van der Waals surface area contributed by atoms with Crippen molar-refractivity contribution in [2.24, 2.45) is 0 Å². The lowest BCUT2D eigenvalue weighted by Gasteiger charge is -2.18. The number of rotatable bonds is 3. The predicted octanol–water partition coefficient (Wildman–Crippen LogP) is 7.96. The molecule has 0 fully saturated rings. The molecule has 31 heavy (non-hydrogen) atoms. The van der Waals surface area contributed by atoms with Crippen LogP contribution in [0.2, 0.25) is 0 Å². The molecule has 0 aliphatic heterocycles. The average Bonchev–Trinajstić information content (AvgIpc) is 3.44. The van der Waals surface area contributed by atoms with Gasteiger partial charge in [0.1, 0.15) is 0 Å². The topological polar surface area (TPSA) is 31.6 Å². The minimum atomic E-state index is 1.16. The molecule has 0 spiro atoms. The highest BCUT2D eigenvalue weighted by Gasteiger charge is 2.20. The van der Waals surface area contributed by atoms with E-state index in [1.807, 2.05) is 0 Å². The summed E-state index contributed by atoms with van der Waals surface area (Å²) < 4.78 is 0. The molecule has 0 radical (unpaired) electrons. The van der Waals surface area contributed by atoms with Gasteiger partial charge in [0.15, 0.2) is 0 Å². The number of hydrogen-bond donors (Lipinski definition) is 2. The smallest absolute Gasteiger partial charge is 0.0460 e. The van der Waals surface area contributed by atoms with E-state index in [4.69, 9.17) is 0 Å². The molecule has 6 aromatic rings. The summed E-state index contributed by atoms with van der Waals surface area (Å²) in [5.74, 6) is 0. The molecule has 0 saturated heterocycles. The molecular weight excluding hydrogens is 376 g/mol. The zero-order chi connectivity index (χ0) is 20.8. The van der Waals surface area contributed by atoms with E-state index in [2.05, 4.69) is 120 Å². The Kier molecular flexibility index (Phi) is 4.03. The first-order chi connectivity index (χ1) is 15.3. The molecule has 2 heterocycles. The number of aryl methyl sites for hydroxylation is 1.